The first-order valence-corrected chi connectivity index (χ1v) is 35.6. The molecule has 8 amide bonds. The molecule has 3 fully saturated rings. The van der Waals surface area contributed by atoms with E-state index >= 15 is 0 Å². The predicted molar refractivity (Wildman–Crippen MR) is 392 cm³/mol. The summed E-state index contributed by atoms with van der Waals surface area (Å²) in [6.45, 7) is 16.6. The Labute approximate surface area is 616 Å². The van der Waals surface area contributed by atoms with Crippen LogP contribution in [0.1, 0.15) is 138 Å². The molecule has 11 atom stereocenters. The Balaban J connectivity index is 0.000000184. The molecule has 24 heteroatoms. The Morgan fingerprint density at radius 3 is 0.877 bits per heavy atom. The minimum atomic E-state index is -1.02. The molecule has 3 heterocycles. The van der Waals surface area contributed by atoms with Crippen molar-refractivity contribution in [2.45, 2.75) is 148 Å². The van der Waals surface area contributed by atoms with Crippen LogP contribution in [-0.2, 0) is 66.8 Å². The number of carbonyl (C=O) groups is 11. The fraction of sp³-hybridized carbons (Fsp3) is 0.354. The molecular weight excluding hydrogens is 1350 g/mol. The van der Waals surface area contributed by atoms with E-state index in [0.717, 1.165) is 61.2 Å². The second-order valence-electron chi connectivity index (χ2n) is 27.2. The molecule has 7 aromatic rings. The number of hydrogen-bond donors (Lipinski definition) is 5. The molecule has 0 saturated carbocycles. The SMILES string of the molecule is CC(C)C(=O)N1[C@@H](C)C(=O)OC[C@H]1c1ccccc1.C[C@H](NC(=O)OCC1c2ccccc2-c2ccccc21)C(=O)N[C@@H](C)C(=O)N1[C@@H](C)C(=O)OC[C@H]1c1ccccc1.C[C@H](NC(=O)[C@@H](C)NC(=O)OCC1c2ccccc2-c2ccccc21)C(=O)N[C@@H](C)C(=O)N1[C@@H](C)C(=O)OC[C@H]1c1ccccc1. The number of esters is 3. The first-order chi connectivity index (χ1) is 50.8. The lowest BCUT2D eigenvalue weighted by Gasteiger charge is -2.40. The Morgan fingerprint density at radius 2 is 0.594 bits per heavy atom. The van der Waals surface area contributed by atoms with Crippen molar-refractivity contribution in [3.63, 3.8) is 0 Å². The van der Waals surface area contributed by atoms with E-state index in [4.69, 9.17) is 23.7 Å². The lowest BCUT2D eigenvalue weighted by molar-refractivity contribution is -0.170. The quantitative estimate of drug-likeness (QED) is 0.0394. The summed E-state index contributed by atoms with van der Waals surface area (Å²) in [4.78, 5) is 144. The van der Waals surface area contributed by atoms with Gasteiger partial charge in [-0.3, -0.25) is 28.8 Å². The van der Waals surface area contributed by atoms with Gasteiger partial charge in [0.05, 0.1) is 18.1 Å². The number of amides is 8. The van der Waals surface area contributed by atoms with Gasteiger partial charge in [0.1, 0.15) is 81.4 Å². The average molecular weight is 1440 g/mol. The standard InChI is InChI=1S/C35H38N4O7.C32H33N3O6.C15H19NO3/c1-20(31(40)37-22(3)33(42)39-23(4)34(43)45-19-30(39)24-12-6-5-7-13-24)36-32(41)21(2)38-35(44)46-18-29-27-16-10-8-14-25(27)26-15-9-11-17-28(26)29;1-19(34-32(39)41-17-27-25-15-9-7-13-23(25)24-14-8-10-16-26(24)27)29(36)33-20(2)30(37)35-21(3)31(38)40-18-28(35)22-11-5-4-6-12-22;1-10(2)14(17)16-11(3)15(18)19-9-13(16)12-7-5-4-6-8-12/h5-17,20-23,29-30H,18-19H2,1-4H3,(H,36,41)(H,37,40)(H,38,44);4-16,19-21,27-28H,17-18H2,1-3H3,(H,33,36)(H,34,39);4-8,10-11,13H,9H2,1-3H3/t20-,21+,22-,23-,30-;19-,20-,21-,28-;11-,13-/m000/s1. The van der Waals surface area contributed by atoms with Crippen molar-refractivity contribution in [1.82, 2.24) is 41.3 Å². The van der Waals surface area contributed by atoms with Crippen LogP contribution in [0.2, 0.25) is 0 Å². The summed E-state index contributed by atoms with van der Waals surface area (Å²) in [6.07, 6.45) is -1.49. The summed E-state index contributed by atoms with van der Waals surface area (Å²) in [6, 6.07) is 51.8. The van der Waals surface area contributed by atoms with Crippen molar-refractivity contribution in [3.05, 3.63) is 227 Å². The van der Waals surface area contributed by atoms with Crippen LogP contribution in [0, 0.1) is 5.92 Å². The lowest BCUT2D eigenvalue weighted by atomic mass is 9.98. The van der Waals surface area contributed by atoms with Crippen LogP contribution in [0.25, 0.3) is 22.3 Å². The van der Waals surface area contributed by atoms with Gasteiger partial charge in [-0.2, -0.15) is 0 Å². The molecule has 0 spiro atoms. The maximum Gasteiger partial charge on any atom is 0.407 e. The minimum Gasteiger partial charge on any atom is -0.462 e. The first-order valence-electron chi connectivity index (χ1n) is 35.6. The van der Waals surface area contributed by atoms with Crippen LogP contribution < -0.4 is 26.6 Å². The van der Waals surface area contributed by atoms with E-state index in [1.165, 1.54) is 37.5 Å². The number of fused-ring (bicyclic) bond motifs is 6. The van der Waals surface area contributed by atoms with E-state index < -0.39 is 114 Å². The summed E-state index contributed by atoms with van der Waals surface area (Å²) in [5, 5.41) is 12.9. The number of alkyl carbamates (subject to hydrolysis) is 2. The average Bonchev–Trinajstić information content (AvgIpc) is 1.43. The highest BCUT2D eigenvalue weighted by Crippen LogP contribution is 2.46. The molecule has 0 unspecified atom stereocenters. The van der Waals surface area contributed by atoms with Gasteiger partial charge in [-0.25, -0.2) is 24.0 Å². The van der Waals surface area contributed by atoms with Crippen LogP contribution >= 0.6 is 0 Å². The van der Waals surface area contributed by atoms with Gasteiger partial charge >= 0.3 is 30.1 Å². The van der Waals surface area contributed by atoms with Crippen molar-refractivity contribution >= 4 is 65.5 Å². The monoisotopic (exact) mass is 1440 g/mol. The maximum atomic E-state index is 13.5. The van der Waals surface area contributed by atoms with Gasteiger partial charge in [-0.15, -0.1) is 0 Å². The van der Waals surface area contributed by atoms with E-state index in [1.807, 2.05) is 190 Å². The Morgan fingerprint density at radius 1 is 0.349 bits per heavy atom. The summed E-state index contributed by atoms with van der Waals surface area (Å²) in [5.41, 5.74) is 11.4. The molecule has 5 aliphatic rings. The Kier molecular flexibility index (Phi) is 25.2. The van der Waals surface area contributed by atoms with E-state index in [1.54, 1.807) is 32.6 Å². The molecular formula is C82H90N8O16. The molecule has 3 saturated heterocycles. The second-order valence-corrected chi connectivity index (χ2v) is 27.2. The van der Waals surface area contributed by atoms with Gasteiger partial charge in [-0.1, -0.05) is 202 Å². The van der Waals surface area contributed by atoms with Crippen molar-refractivity contribution < 1.29 is 76.4 Å². The third kappa shape index (κ3) is 17.6. The largest absolute Gasteiger partial charge is 0.462 e. The van der Waals surface area contributed by atoms with Crippen molar-refractivity contribution in [1.29, 1.82) is 0 Å². The van der Waals surface area contributed by atoms with Crippen LogP contribution in [0.3, 0.4) is 0 Å². The molecule has 3 aliphatic heterocycles. The van der Waals surface area contributed by atoms with E-state index in [9.17, 15) is 52.7 Å². The highest BCUT2D eigenvalue weighted by molar-refractivity contribution is 5.96. The number of morpholine rings is 3. The number of nitrogens with one attached hydrogen (secondary N) is 5. The fourth-order valence-electron chi connectivity index (χ4n) is 13.8. The predicted octanol–water partition coefficient (Wildman–Crippen LogP) is 9.53. The number of nitrogens with zero attached hydrogens (tertiary/aromatic N) is 3. The molecule has 2 aliphatic carbocycles. The van der Waals surface area contributed by atoms with Crippen LogP contribution in [0.4, 0.5) is 9.59 Å². The van der Waals surface area contributed by atoms with E-state index in [0.29, 0.717) is 0 Å². The summed E-state index contributed by atoms with van der Waals surface area (Å²) in [7, 11) is 0. The van der Waals surface area contributed by atoms with Crippen molar-refractivity contribution in [2.24, 2.45) is 5.92 Å². The zero-order valence-corrected chi connectivity index (χ0v) is 60.9. The Bertz CT molecular complexity index is 4280. The number of benzene rings is 7. The summed E-state index contributed by atoms with van der Waals surface area (Å²) in [5.74, 6) is -4.41. The fourth-order valence-corrected chi connectivity index (χ4v) is 13.8. The topological polar surface area (TPSA) is 304 Å². The van der Waals surface area contributed by atoms with Crippen LogP contribution in [0.15, 0.2) is 188 Å². The number of ether oxygens (including phenoxy) is 5. The molecule has 0 radical (unpaired) electrons. The van der Waals surface area contributed by atoms with Crippen molar-refractivity contribution in [3.8, 4) is 22.3 Å². The molecule has 554 valence electrons. The number of carbonyl (C=O) groups excluding carboxylic acids is 11. The van der Waals surface area contributed by atoms with Gasteiger partial charge < -0.3 is 65.0 Å². The van der Waals surface area contributed by atoms with Gasteiger partial charge in [0.15, 0.2) is 0 Å². The summed E-state index contributed by atoms with van der Waals surface area (Å²) >= 11 is 0. The van der Waals surface area contributed by atoms with Gasteiger partial charge in [0.2, 0.25) is 35.4 Å². The van der Waals surface area contributed by atoms with E-state index in [2.05, 4.69) is 38.7 Å². The molecule has 0 bridgehead atoms. The zero-order valence-electron chi connectivity index (χ0n) is 60.9. The normalized spacial score (nSPS) is 19.9. The van der Waals surface area contributed by atoms with Gasteiger partial charge in [0, 0.05) is 17.8 Å². The molecule has 5 N–H and O–H groups in total. The third-order valence-corrected chi connectivity index (χ3v) is 19.6. The minimum absolute atomic E-state index is 0.000612. The summed E-state index contributed by atoms with van der Waals surface area (Å²) < 4.78 is 26.8. The second kappa shape index (κ2) is 34.7. The molecule has 12 rings (SSSR count). The van der Waals surface area contributed by atoms with Crippen molar-refractivity contribution in [2.75, 3.05) is 33.0 Å². The third-order valence-electron chi connectivity index (χ3n) is 19.6. The van der Waals surface area contributed by atoms with Gasteiger partial charge in [-0.05, 0) is 117 Å². The van der Waals surface area contributed by atoms with Crippen LogP contribution in [0.5, 0.6) is 0 Å². The molecule has 7 aromatic carbocycles. The van der Waals surface area contributed by atoms with Crippen LogP contribution in [-0.4, -0.2) is 162 Å². The number of rotatable bonds is 18. The Hall–Kier alpha value is -11.7. The smallest absolute Gasteiger partial charge is 0.407 e. The van der Waals surface area contributed by atoms with Gasteiger partial charge in [0.25, 0.3) is 0 Å². The van der Waals surface area contributed by atoms with E-state index in [-0.39, 0.29) is 68.7 Å². The lowest BCUT2D eigenvalue weighted by Crippen LogP contribution is -2.59. The highest BCUT2D eigenvalue weighted by Gasteiger charge is 2.44. The maximum absolute atomic E-state index is 13.5. The molecule has 0 aromatic heterocycles. The first kappa shape index (κ1) is 76.9. The number of hydrogen-bond acceptors (Lipinski definition) is 16. The molecule has 106 heavy (non-hydrogen) atoms. The molecule has 24 nitrogen and oxygen atoms in total. The highest BCUT2D eigenvalue weighted by atomic mass is 16.6. The zero-order chi connectivity index (χ0) is 76.0. The number of cyclic esters (lactones) is 3.